The van der Waals surface area contributed by atoms with Crippen molar-refractivity contribution in [3.63, 3.8) is 0 Å². The summed E-state index contributed by atoms with van der Waals surface area (Å²) in [7, 11) is 0. The van der Waals surface area contributed by atoms with E-state index < -0.39 is 0 Å². The van der Waals surface area contributed by atoms with E-state index in [0.29, 0.717) is 0 Å². The van der Waals surface area contributed by atoms with Gasteiger partial charge in [0.15, 0.2) is 0 Å². The molecule has 0 spiro atoms. The molecule has 0 atom stereocenters. The minimum atomic E-state index is 1.06. The molecule has 0 nitrogen and oxygen atoms in total. The fourth-order valence-corrected chi connectivity index (χ4v) is 18.2. The average Bonchev–Trinajstić information content (AvgIpc) is 0.891. The molecule has 0 N–H and O–H groups in total. The topological polar surface area (TPSA) is 0 Å². The van der Waals surface area contributed by atoms with E-state index in [1.807, 2.05) is 0 Å². The molecule has 0 aromatic heterocycles. The third kappa shape index (κ3) is 46.9. The Labute approximate surface area is 909 Å². The molecule has 15 rings (SSSR count). The highest BCUT2D eigenvalue weighted by molar-refractivity contribution is 5.51. The van der Waals surface area contributed by atoms with Gasteiger partial charge in [-0.1, -0.05) is 460 Å². The highest BCUT2D eigenvalue weighted by Crippen LogP contribution is 2.23. The molecule has 0 aliphatic rings. The van der Waals surface area contributed by atoms with Crippen molar-refractivity contribution >= 4 is 0 Å². The summed E-state index contributed by atoms with van der Waals surface area (Å²) < 4.78 is 0. The zero-order chi connectivity index (χ0) is 105. The van der Waals surface area contributed by atoms with Gasteiger partial charge in [-0.25, -0.2) is 0 Å². The Hall–Kier alpha value is -13.9. The summed E-state index contributed by atoms with van der Waals surface area (Å²) in [5.41, 5.74) is 38.9. The Morgan fingerprint density at radius 1 is 0.107 bits per heavy atom. The van der Waals surface area contributed by atoms with Gasteiger partial charge < -0.3 is 0 Å². The number of aryl methyl sites for hydroxylation is 20. The van der Waals surface area contributed by atoms with Crippen LogP contribution in [0, 0.1) is 66.1 Å². The predicted molar refractivity (Wildman–Crippen MR) is 650 cm³/mol. The molecule has 0 radical (unpaired) electrons. The third-order valence-electron chi connectivity index (χ3n) is 28.2. The normalized spacial score (nSPS) is 10.5. The zero-order valence-electron chi connectivity index (χ0n) is 92.9. The second-order valence-electron chi connectivity index (χ2n) is 40.9. The summed E-state index contributed by atoms with van der Waals surface area (Å²) >= 11 is 0. The monoisotopic (exact) mass is 1970 g/mol. The minimum absolute atomic E-state index is 1.06. The fraction of sp³-hybridized carbons (Fsp3) is 0.333. The van der Waals surface area contributed by atoms with E-state index >= 15 is 0 Å². The van der Waals surface area contributed by atoms with Crippen LogP contribution in [-0.2, 0) is 122 Å². The van der Waals surface area contributed by atoms with E-state index in [1.54, 1.807) is 0 Å². The highest BCUT2D eigenvalue weighted by atomic mass is 14.1. The van der Waals surface area contributed by atoms with Crippen LogP contribution in [0.1, 0.15) is 364 Å². The van der Waals surface area contributed by atoms with Gasteiger partial charge in [-0.15, -0.1) is 0 Å². The Balaban J connectivity index is 0.000000178. The van der Waals surface area contributed by atoms with E-state index in [4.69, 9.17) is 0 Å². The van der Waals surface area contributed by atoms with Crippen molar-refractivity contribution in [2.24, 2.45) is 0 Å². The second-order valence-corrected chi connectivity index (χ2v) is 40.9. The van der Waals surface area contributed by atoms with Crippen LogP contribution in [0.4, 0.5) is 0 Å². The van der Waals surface area contributed by atoms with Gasteiger partial charge in [0.1, 0.15) is 0 Å². The molecule has 0 amide bonds. The van der Waals surface area contributed by atoms with Crippen molar-refractivity contribution in [1.82, 2.24) is 0 Å². The SMILES string of the molecule is CCCCCc1ccc(C#Cc2ccc(CCc3ccc(CCCCC)cc3)cc2)cc1.CCCCCc1ccc(CCc2ccc(C#Cc3ccc(C)cc3)cc2)cc1.CCCCCc1ccc(CCc2ccc(C#Cc3ccc(CC)cc3)cc2)cc1.CCCCCc1ccc(CCc2ccc(C#Cc3ccc(CCC)cc3)cc2)cc1.CCCCCc1ccc(CCc2ccc(C#Cc3ccc(CCCC)cc3)cc2)cc1. The lowest BCUT2D eigenvalue weighted by Crippen LogP contribution is -1.93. The summed E-state index contributed by atoms with van der Waals surface area (Å²) in [4.78, 5) is 0. The van der Waals surface area contributed by atoms with Crippen molar-refractivity contribution in [2.45, 2.75) is 326 Å². The molecular formula is C150H170. The molecule has 150 heavy (non-hydrogen) atoms. The van der Waals surface area contributed by atoms with Crippen LogP contribution in [0.2, 0.25) is 0 Å². The van der Waals surface area contributed by atoms with Gasteiger partial charge >= 0.3 is 0 Å². The molecular weight excluding hydrogens is 1800 g/mol. The predicted octanol–water partition coefficient (Wildman–Crippen LogP) is 37.9. The first-order valence-electron chi connectivity index (χ1n) is 57.7. The van der Waals surface area contributed by atoms with Crippen LogP contribution in [-0.4, -0.2) is 0 Å². The van der Waals surface area contributed by atoms with Gasteiger partial charge in [0.2, 0.25) is 0 Å². The van der Waals surface area contributed by atoms with Crippen LogP contribution in [0.5, 0.6) is 0 Å². The quantitative estimate of drug-likeness (QED) is 0.0264. The lowest BCUT2D eigenvalue weighted by atomic mass is 10.0. The smallest absolute Gasteiger partial charge is 0.0249 e. The molecule has 0 saturated heterocycles. The summed E-state index contributed by atoms with van der Waals surface area (Å²) in [5.74, 6) is 32.8. The number of rotatable bonds is 45. The maximum atomic E-state index is 3.31. The van der Waals surface area contributed by atoms with Crippen molar-refractivity contribution < 1.29 is 0 Å². The Morgan fingerprint density at radius 3 is 0.353 bits per heavy atom. The number of benzene rings is 15. The maximum absolute atomic E-state index is 3.31. The van der Waals surface area contributed by atoms with E-state index in [1.165, 1.54) is 285 Å². The van der Waals surface area contributed by atoms with Crippen molar-refractivity contribution in [3.05, 3.63) is 531 Å². The van der Waals surface area contributed by atoms with Gasteiger partial charge in [0.25, 0.3) is 0 Å². The molecule has 0 heteroatoms. The Morgan fingerprint density at radius 2 is 0.220 bits per heavy atom. The van der Waals surface area contributed by atoms with Crippen LogP contribution in [0.25, 0.3) is 0 Å². The first kappa shape index (κ1) is 116. The van der Waals surface area contributed by atoms with Gasteiger partial charge in [0.05, 0.1) is 0 Å². The van der Waals surface area contributed by atoms with E-state index in [9.17, 15) is 0 Å². The first-order chi connectivity index (χ1) is 73.8. The largest absolute Gasteiger partial charge is 0.0654 e. The molecule has 15 aromatic carbocycles. The van der Waals surface area contributed by atoms with E-state index in [0.717, 1.165) is 139 Å². The summed E-state index contributed by atoms with van der Waals surface area (Å²) in [6, 6.07) is 133. The van der Waals surface area contributed by atoms with Crippen LogP contribution >= 0.6 is 0 Å². The molecule has 0 unspecified atom stereocenters. The van der Waals surface area contributed by atoms with Gasteiger partial charge in [-0.05, 0) is 401 Å². The molecule has 15 aromatic rings. The Kier molecular flexibility index (Phi) is 54.4. The number of unbranched alkanes of at least 4 members (excludes halogenated alkanes) is 13. The number of hydrogen-bond donors (Lipinski definition) is 0. The van der Waals surface area contributed by atoms with Crippen molar-refractivity contribution in [2.75, 3.05) is 0 Å². The Bertz CT molecular complexity index is 6570. The van der Waals surface area contributed by atoms with Crippen LogP contribution in [0.3, 0.4) is 0 Å². The summed E-state index contributed by atoms with van der Waals surface area (Å²) in [5, 5.41) is 0. The molecule has 0 saturated carbocycles. The van der Waals surface area contributed by atoms with Gasteiger partial charge in [-0.3, -0.25) is 0 Å². The highest BCUT2D eigenvalue weighted by Gasteiger charge is 2.09. The van der Waals surface area contributed by atoms with Gasteiger partial charge in [0, 0.05) is 55.6 Å². The second kappa shape index (κ2) is 70.1. The lowest BCUT2D eigenvalue weighted by molar-refractivity contribution is 0.717. The van der Waals surface area contributed by atoms with E-state index in [2.05, 4.69) is 492 Å². The van der Waals surface area contributed by atoms with Crippen molar-refractivity contribution in [3.8, 4) is 59.2 Å². The first-order valence-corrected chi connectivity index (χ1v) is 57.7. The molecule has 0 heterocycles. The summed E-state index contributed by atoms with van der Waals surface area (Å²) in [6.45, 7) is 22.3. The average molecular weight is 1970 g/mol. The molecule has 770 valence electrons. The zero-order valence-corrected chi connectivity index (χ0v) is 92.9. The van der Waals surface area contributed by atoms with Gasteiger partial charge in [-0.2, -0.15) is 0 Å². The molecule has 0 aliphatic heterocycles. The van der Waals surface area contributed by atoms with Crippen molar-refractivity contribution in [1.29, 1.82) is 0 Å². The molecule has 0 bridgehead atoms. The number of hydrogen-bond acceptors (Lipinski definition) is 0. The van der Waals surface area contributed by atoms with E-state index in [-0.39, 0.29) is 0 Å². The molecule has 0 aliphatic carbocycles. The lowest BCUT2D eigenvalue weighted by Gasteiger charge is -2.05. The third-order valence-corrected chi connectivity index (χ3v) is 28.2. The van der Waals surface area contributed by atoms with Crippen LogP contribution in [0.15, 0.2) is 364 Å². The maximum Gasteiger partial charge on any atom is 0.0249 e. The summed E-state index contributed by atoms with van der Waals surface area (Å²) in [6.07, 6.45) is 48.5. The van der Waals surface area contributed by atoms with Crippen LogP contribution < -0.4 is 0 Å². The molecule has 0 fully saturated rings. The standard InChI is InChI=1S/C32H38.C31H36.C30H34.C29H32.C28H30/c1-3-5-7-9-27-11-15-29(16-12-27)19-21-31-23-25-32(26-24-31)22-20-30-17-13-28(14-18-30)10-8-6-4-2;1-3-5-7-9-27-12-16-29(17-13-27)19-21-31-24-22-30(23-25-31)20-18-28-14-10-26(11-15-28)8-6-4-2;1-3-5-6-8-26-11-15-28(16-12-26)18-20-30-23-21-29(22-24-30)19-17-27-13-9-25(7-4-2)10-14-27;1-3-5-6-7-25-12-14-27(15-13-25)18-19-29-22-20-28(21-23-29)17-16-26-10-8-24(4-2)9-11-26;1-3-4-5-6-24-11-13-26(14-12-24)17-18-28-21-19-27(20-22-28)16-15-25-9-7-23(2)8-10-25/h11-18,23-26H,3-10,19,21H2,1-2H3;10-17,22-25H,3-9,19,21H2,1-2H3;9-16,21-24H,3-8,18,20H2,1-2H3;8-15,20-23H,3-7,18-19H2,1-2H3;7-14,19-22H,3-6,17-18H2,1-2H3. The fourth-order valence-electron chi connectivity index (χ4n) is 18.2. The minimum Gasteiger partial charge on any atom is -0.0654 e.